The second-order valence-corrected chi connectivity index (χ2v) is 7.64. The molecule has 2 saturated heterocycles. The number of imidazole rings is 1. The number of hydrogen-bond donors (Lipinski definition) is 3. The van der Waals surface area contributed by atoms with Gasteiger partial charge in [0.25, 0.3) is 0 Å². The molecule has 0 spiro atoms. The van der Waals surface area contributed by atoms with Gasteiger partial charge in [-0.1, -0.05) is 30.3 Å². The van der Waals surface area contributed by atoms with E-state index >= 15 is 0 Å². The molecule has 12 heteroatoms. The molecule has 5 atom stereocenters. The largest absolute Gasteiger partial charge is 0.481 e. The third kappa shape index (κ3) is 3.99. The van der Waals surface area contributed by atoms with Crippen LogP contribution in [0.3, 0.4) is 0 Å². The van der Waals surface area contributed by atoms with Crippen molar-refractivity contribution in [3.05, 3.63) is 48.5 Å². The third-order valence-electron chi connectivity index (χ3n) is 5.50. The topological polar surface area (TPSA) is 150 Å². The Kier molecular flexibility index (Phi) is 5.62. The summed E-state index contributed by atoms with van der Waals surface area (Å²) in [4.78, 5) is 36.2. The second-order valence-electron chi connectivity index (χ2n) is 7.64. The molecule has 4 unspecified atom stereocenters. The molecule has 2 aliphatic heterocycles. The van der Waals surface area contributed by atoms with Crippen molar-refractivity contribution < 1.29 is 28.9 Å². The molecule has 0 radical (unpaired) electrons. The van der Waals surface area contributed by atoms with Crippen molar-refractivity contribution in [2.45, 2.75) is 44.2 Å². The number of hydrogen-bond acceptors (Lipinski definition) is 8. The average Bonchev–Trinajstić information content (AvgIpc) is 3.49. The predicted octanol–water partition coefficient (Wildman–Crippen LogP) is 1.82. The fourth-order valence-corrected chi connectivity index (χ4v) is 4.10. The number of carbonyl (C=O) groups is 2. The fourth-order valence-electron chi connectivity index (χ4n) is 4.10. The zero-order chi connectivity index (χ0) is 22.9. The molecule has 1 aromatic carbocycles. The highest BCUT2D eigenvalue weighted by Crippen LogP contribution is 2.45. The van der Waals surface area contributed by atoms with E-state index in [9.17, 15) is 14.7 Å². The first-order valence-electron chi connectivity index (χ1n) is 10.5. The van der Waals surface area contributed by atoms with Gasteiger partial charge in [0.05, 0.1) is 18.9 Å². The van der Waals surface area contributed by atoms with Crippen molar-refractivity contribution in [3.8, 4) is 0 Å². The molecule has 12 nitrogen and oxygen atoms in total. The minimum Gasteiger partial charge on any atom is -0.481 e. The molecule has 2 aliphatic rings. The van der Waals surface area contributed by atoms with Crippen LogP contribution >= 0.6 is 0 Å². The monoisotopic (exact) mass is 454 g/mol. The van der Waals surface area contributed by atoms with E-state index in [0.717, 1.165) is 5.56 Å². The first kappa shape index (κ1) is 21.2. The lowest BCUT2D eigenvalue weighted by Gasteiger charge is -2.21. The Bertz CT molecular complexity index is 1170. The van der Waals surface area contributed by atoms with Gasteiger partial charge < -0.3 is 24.6 Å². The van der Waals surface area contributed by atoms with Gasteiger partial charge in [0, 0.05) is 12.1 Å². The Hall–Kier alpha value is -3.61. The lowest BCUT2D eigenvalue weighted by Crippen LogP contribution is -2.30. The molecule has 5 rings (SSSR count). The average molecular weight is 454 g/mol. The van der Waals surface area contributed by atoms with E-state index in [0.29, 0.717) is 17.7 Å². The smallest absolute Gasteiger partial charge is 0.320 e. The first-order chi connectivity index (χ1) is 16.0. The zero-order valence-electron chi connectivity index (χ0n) is 17.6. The molecule has 33 heavy (non-hydrogen) atoms. The number of rotatable bonds is 6. The third-order valence-corrected chi connectivity index (χ3v) is 5.50. The highest BCUT2D eigenvalue weighted by atomic mass is 16.8. The Morgan fingerprint density at radius 3 is 2.64 bits per heavy atom. The van der Waals surface area contributed by atoms with Crippen LogP contribution in [-0.2, 0) is 19.0 Å². The van der Waals surface area contributed by atoms with Crippen molar-refractivity contribution in [3.63, 3.8) is 0 Å². The highest BCUT2D eigenvalue weighted by Gasteiger charge is 2.54. The Balaban J connectivity index is 1.47. The van der Waals surface area contributed by atoms with Crippen LogP contribution in [0.5, 0.6) is 0 Å². The van der Waals surface area contributed by atoms with Gasteiger partial charge in [-0.2, -0.15) is 0 Å². The van der Waals surface area contributed by atoms with E-state index in [1.165, 1.54) is 12.7 Å². The second kappa shape index (κ2) is 8.73. The van der Waals surface area contributed by atoms with Gasteiger partial charge in [-0.15, -0.1) is 0 Å². The molecular weight excluding hydrogens is 432 g/mol. The summed E-state index contributed by atoms with van der Waals surface area (Å²) in [6.45, 7) is 2.26. The van der Waals surface area contributed by atoms with Gasteiger partial charge in [0.15, 0.2) is 29.5 Å². The minimum atomic E-state index is -1.00. The van der Waals surface area contributed by atoms with Crippen molar-refractivity contribution in [1.82, 2.24) is 24.8 Å². The number of carbonyl (C=O) groups excluding carboxylic acids is 1. The molecule has 3 N–H and O–H groups in total. The Morgan fingerprint density at radius 2 is 1.88 bits per heavy atom. The number of benzene rings is 1. The normalized spacial score (nSPS) is 26.3. The summed E-state index contributed by atoms with van der Waals surface area (Å²) in [5.41, 5.74) is 1.60. The number of fused-ring (bicyclic) bond motifs is 2. The maximum atomic E-state index is 12.0. The summed E-state index contributed by atoms with van der Waals surface area (Å²) in [6, 6.07) is 9.00. The molecule has 0 aliphatic carbocycles. The summed E-state index contributed by atoms with van der Waals surface area (Å²) < 4.78 is 20.0. The van der Waals surface area contributed by atoms with Gasteiger partial charge >= 0.3 is 12.0 Å². The SMILES string of the molecule is CCNC(=O)Nc1ncnc2c1ncn2C1OC(CC(=O)O)C2O[C@H](c3ccccc3)OC21. The number of aliphatic carboxylic acids is 1. The molecule has 2 aromatic heterocycles. The van der Waals surface area contributed by atoms with Gasteiger partial charge in [0.2, 0.25) is 0 Å². The van der Waals surface area contributed by atoms with Crippen molar-refractivity contribution >= 4 is 29.0 Å². The number of carboxylic acids is 1. The predicted molar refractivity (Wildman–Crippen MR) is 113 cm³/mol. The Morgan fingerprint density at radius 1 is 1.09 bits per heavy atom. The molecule has 2 fully saturated rings. The summed E-state index contributed by atoms with van der Waals surface area (Å²) in [7, 11) is 0. The van der Waals surface area contributed by atoms with Crippen LogP contribution in [0, 0.1) is 0 Å². The van der Waals surface area contributed by atoms with Gasteiger partial charge in [-0.05, 0) is 6.92 Å². The summed E-state index contributed by atoms with van der Waals surface area (Å²) in [6.07, 6.45) is -0.718. The molecule has 172 valence electrons. The zero-order valence-corrected chi connectivity index (χ0v) is 17.6. The van der Waals surface area contributed by atoms with Crippen molar-refractivity contribution in [2.24, 2.45) is 0 Å². The molecule has 4 heterocycles. The van der Waals surface area contributed by atoms with Gasteiger partial charge in [-0.3, -0.25) is 14.7 Å². The summed E-state index contributed by atoms with van der Waals surface area (Å²) in [5, 5.41) is 14.6. The van der Waals surface area contributed by atoms with E-state index in [4.69, 9.17) is 14.2 Å². The number of ether oxygens (including phenoxy) is 3. The number of nitrogens with one attached hydrogen (secondary N) is 2. The van der Waals surface area contributed by atoms with Crippen LogP contribution in [0.1, 0.15) is 31.4 Å². The molecule has 3 aromatic rings. The Labute approximate surface area is 187 Å². The van der Waals surface area contributed by atoms with Crippen LogP contribution in [0.15, 0.2) is 43.0 Å². The lowest BCUT2D eigenvalue weighted by molar-refractivity contribution is -0.158. The van der Waals surface area contributed by atoms with E-state index in [2.05, 4.69) is 25.6 Å². The van der Waals surface area contributed by atoms with Crippen LogP contribution in [0.2, 0.25) is 0 Å². The molecule has 2 amide bonds. The van der Waals surface area contributed by atoms with Gasteiger partial charge in [-0.25, -0.2) is 19.7 Å². The standard InChI is InChI=1S/C21H22N6O6/c1-2-22-21(30)26-17-14-18(24-9-23-17)27(10-25-14)19-16-15(12(31-19)8-13(28)29)32-20(33-16)11-6-4-3-5-7-11/h3-7,9-10,12,15-16,19-20H,2,8H2,1H3,(H,28,29)(H2,22,23,24,26,30)/t12?,15?,16?,19?,20-/m0/s1. The number of amides is 2. The first-order valence-corrected chi connectivity index (χ1v) is 10.5. The maximum Gasteiger partial charge on any atom is 0.320 e. The number of anilines is 1. The summed E-state index contributed by atoms with van der Waals surface area (Å²) in [5.74, 6) is -0.760. The molecule has 0 bridgehead atoms. The summed E-state index contributed by atoms with van der Waals surface area (Å²) >= 11 is 0. The number of urea groups is 1. The van der Waals surface area contributed by atoms with E-state index < -0.39 is 42.8 Å². The molecule has 0 saturated carbocycles. The van der Waals surface area contributed by atoms with Crippen LogP contribution < -0.4 is 10.6 Å². The maximum absolute atomic E-state index is 12.0. The van der Waals surface area contributed by atoms with Crippen LogP contribution in [0.4, 0.5) is 10.6 Å². The lowest BCUT2D eigenvalue weighted by atomic mass is 10.1. The highest BCUT2D eigenvalue weighted by molar-refractivity contribution is 5.95. The molecular formula is C21H22N6O6. The number of aromatic nitrogens is 4. The van der Waals surface area contributed by atoms with E-state index in [1.54, 1.807) is 11.5 Å². The van der Waals surface area contributed by atoms with E-state index in [-0.39, 0.29) is 12.2 Å². The number of carboxylic acid groups (broad SMARTS) is 1. The van der Waals surface area contributed by atoms with Crippen LogP contribution in [0.25, 0.3) is 11.2 Å². The van der Waals surface area contributed by atoms with Crippen LogP contribution in [-0.4, -0.2) is 61.5 Å². The van der Waals surface area contributed by atoms with Crippen molar-refractivity contribution in [2.75, 3.05) is 11.9 Å². The van der Waals surface area contributed by atoms with E-state index in [1.807, 2.05) is 30.3 Å². The quantitative estimate of drug-likeness (QED) is 0.507. The fraction of sp³-hybridized carbons (Fsp3) is 0.381. The van der Waals surface area contributed by atoms with Crippen molar-refractivity contribution in [1.29, 1.82) is 0 Å². The number of nitrogens with zero attached hydrogens (tertiary/aromatic N) is 4. The van der Waals surface area contributed by atoms with Gasteiger partial charge in [0.1, 0.15) is 18.5 Å². The minimum absolute atomic E-state index is 0.242.